The first-order valence-corrected chi connectivity index (χ1v) is 11.7. The number of hydrogen-bond acceptors (Lipinski definition) is 6. The lowest BCUT2D eigenvalue weighted by Crippen LogP contribution is -2.52. The third-order valence-corrected chi connectivity index (χ3v) is 7.71. The molecule has 1 saturated carbocycles. The first-order valence-electron chi connectivity index (χ1n) is 9.94. The second-order valence-electron chi connectivity index (χ2n) is 6.07. The Hall–Kier alpha value is -0.0231. The Morgan fingerprint density at radius 2 is 1.00 bits per heavy atom. The molecule has 7 heteroatoms. The molecule has 0 radical (unpaired) electrons. The third-order valence-electron chi connectivity index (χ3n) is 4.31. The monoisotopic (exact) mass is 378 g/mol. The summed E-state index contributed by atoms with van der Waals surface area (Å²) in [7, 11) is -2.78. The van der Waals surface area contributed by atoms with Crippen molar-refractivity contribution in [3.8, 4) is 0 Å². The van der Waals surface area contributed by atoms with Crippen LogP contribution in [-0.4, -0.2) is 68.3 Å². The van der Waals surface area contributed by atoms with E-state index in [0.29, 0.717) is 65.0 Å². The van der Waals surface area contributed by atoms with Crippen molar-refractivity contribution < 1.29 is 27.5 Å². The normalized spacial score (nSPS) is 16.4. The Morgan fingerprint density at radius 3 is 1.36 bits per heavy atom. The van der Waals surface area contributed by atoms with Crippen molar-refractivity contribution >= 4 is 8.80 Å². The molecule has 0 atom stereocenters. The zero-order valence-electron chi connectivity index (χ0n) is 16.4. The maximum absolute atomic E-state index is 6.29. The van der Waals surface area contributed by atoms with Crippen molar-refractivity contribution in [2.75, 3.05) is 59.5 Å². The van der Waals surface area contributed by atoms with Crippen LogP contribution in [0.4, 0.5) is 0 Å². The molecular formula is C18H38O6Si. The molecule has 0 N–H and O–H groups in total. The van der Waals surface area contributed by atoms with Gasteiger partial charge in [-0.15, -0.1) is 0 Å². The molecule has 1 aliphatic carbocycles. The summed E-state index contributed by atoms with van der Waals surface area (Å²) < 4.78 is 35.2. The summed E-state index contributed by atoms with van der Waals surface area (Å²) in [6, 6.07) is 0. The van der Waals surface area contributed by atoms with Crippen molar-refractivity contribution in [3.63, 3.8) is 0 Å². The van der Waals surface area contributed by atoms with Gasteiger partial charge >= 0.3 is 8.80 Å². The molecule has 0 amide bonds. The summed E-state index contributed by atoms with van der Waals surface area (Å²) in [6.07, 6.45) is 5.96. The van der Waals surface area contributed by atoms with Crippen LogP contribution in [0.2, 0.25) is 5.54 Å². The largest absolute Gasteiger partial charge is 0.504 e. The van der Waals surface area contributed by atoms with Crippen molar-refractivity contribution in [3.05, 3.63) is 0 Å². The molecule has 25 heavy (non-hydrogen) atoms. The van der Waals surface area contributed by atoms with Crippen LogP contribution < -0.4 is 0 Å². The van der Waals surface area contributed by atoms with Gasteiger partial charge in [0, 0.05) is 25.4 Å². The van der Waals surface area contributed by atoms with Crippen LogP contribution >= 0.6 is 0 Å². The summed E-state index contributed by atoms with van der Waals surface area (Å²) in [5, 5.41) is 0. The Kier molecular flexibility index (Phi) is 13.9. The smallest absolute Gasteiger partial charge is 0.379 e. The lowest BCUT2D eigenvalue weighted by atomic mass is 10.0. The third kappa shape index (κ3) is 9.47. The summed E-state index contributed by atoms with van der Waals surface area (Å²) in [5.41, 5.74) is 0.367. The molecule has 0 aliphatic heterocycles. The molecule has 0 heterocycles. The quantitative estimate of drug-likeness (QED) is 0.303. The van der Waals surface area contributed by atoms with E-state index in [1.165, 1.54) is 19.3 Å². The van der Waals surface area contributed by atoms with E-state index in [-0.39, 0.29) is 0 Å². The number of rotatable bonds is 16. The highest BCUT2D eigenvalue weighted by Gasteiger charge is 2.49. The highest BCUT2D eigenvalue weighted by molar-refractivity contribution is 6.62. The molecule has 0 saturated heterocycles. The molecule has 0 bridgehead atoms. The molecule has 0 aromatic carbocycles. The fourth-order valence-electron chi connectivity index (χ4n) is 3.10. The molecule has 150 valence electrons. The molecule has 6 nitrogen and oxygen atoms in total. The van der Waals surface area contributed by atoms with Gasteiger partial charge in [0.15, 0.2) is 0 Å². The minimum Gasteiger partial charge on any atom is -0.379 e. The molecule has 0 aromatic rings. The van der Waals surface area contributed by atoms with Crippen LogP contribution in [0.5, 0.6) is 0 Å². The highest BCUT2D eigenvalue weighted by Crippen LogP contribution is 2.38. The van der Waals surface area contributed by atoms with Gasteiger partial charge in [0.05, 0.1) is 39.6 Å². The van der Waals surface area contributed by atoms with Gasteiger partial charge < -0.3 is 27.5 Å². The lowest BCUT2D eigenvalue weighted by molar-refractivity contribution is -0.00478. The van der Waals surface area contributed by atoms with E-state index in [4.69, 9.17) is 27.5 Å². The van der Waals surface area contributed by atoms with Gasteiger partial charge in [0.2, 0.25) is 0 Å². The van der Waals surface area contributed by atoms with Crippen molar-refractivity contribution in [2.45, 2.75) is 58.4 Å². The van der Waals surface area contributed by atoms with Crippen LogP contribution in [0.25, 0.3) is 0 Å². The summed E-state index contributed by atoms with van der Waals surface area (Å²) in [5.74, 6) is 0. The molecule has 0 spiro atoms. The molecule has 1 aliphatic rings. The molecule has 1 fully saturated rings. The predicted octanol–water partition coefficient (Wildman–Crippen LogP) is 3.42. The average Bonchev–Trinajstić information content (AvgIpc) is 2.66. The molecular weight excluding hydrogens is 340 g/mol. The van der Waals surface area contributed by atoms with Gasteiger partial charge in [-0.25, -0.2) is 0 Å². The first kappa shape index (κ1) is 23.0. The predicted molar refractivity (Wildman–Crippen MR) is 99.9 cm³/mol. The topological polar surface area (TPSA) is 55.4 Å². The number of ether oxygens (including phenoxy) is 3. The highest BCUT2D eigenvalue weighted by atomic mass is 28.4. The van der Waals surface area contributed by atoms with E-state index >= 15 is 0 Å². The van der Waals surface area contributed by atoms with E-state index in [1.54, 1.807) is 0 Å². The van der Waals surface area contributed by atoms with Crippen LogP contribution in [0.1, 0.15) is 52.9 Å². The maximum Gasteiger partial charge on any atom is 0.504 e. The van der Waals surface area contributed by atoms with Crippen LogP contribution in [0, 0.1) is 0 Å². The van der Waals surface area contributed by atoms with Gasteiger partial charge in [-0.1, -0.05) is 19.3 Å². The summed E-state index contributed by atoms with van der Waals surface area (Å²) in [4.78, 5) is 0. The van der Waals surface area contributed by atoms with E-state index in [1.807, 2.05) is 20.8 Å². The SMILES string of the molecule is CCOCCO[Si](OCCOCC)(OCCOCC)C1CCCCC1. The van der Waals surface area contributed by atoms with Gasteiger partial charge in [-0.05, 0) is 33.6 Å². The Balaban J connectivity index is 2.69. The van der Waals surface area contributed by atoms with Crippen LogP contribution in [0.3, 0.4) is 0 Å². The lowest BCUT2D eigenvalue weighted by Gasteiger charge is -2.37. The van der Waals surface area contributed by atoms with E-state index in [0.717, 1.165) is 12.8 Å². The fraction of sp³-hybridized carbons (Fsp3) is 1.00. The van der Waals surface area contributed by atoms with Crippen LogP contribution in [0.15, 0.2) is 0 Å². The van der Waals surface area contributed by atoms with Crippen molar-refractivity contribution in [1.29, 1.82) is 0 Å². The minimum atomic E-state index is -2.78. The van der Waals surface area contributed by atoms with E-state index < -0.39 is 8.80 Å². The number of hydrogen-bond donors (Lipinski definition) is 0. The summed E-state index contributed by atoms with van der Waals surface area (Å²) in [6.45, 7) is 11.3. The van der Waals surface area contributed by atoms with Gasteiger partial charge in [0.25, 0.3) is 0 Å². The Morgan fingerprint density at radius 1 is 0.600 bits per heavy atom. The van der Waals surface area contributed by atoms with E-state index in [2.05, 4.69) is 0 Å². The molecule has 1 rings (SSSR count). The maximum atomic E-state index is 6.29. The zero-order valence-corrected chi connectivity index (χ0v) is 17.4. The second kappa shape index (κ2) is 15.1. The van der Waals surface area contributed by atoms with Crippen molar-refractivity contribution in [2.24, 2.45) is 0 Å². The molecule has 0 unspecified atom stereocenters. The fourth-order valence-corrected chi connectivity index (χ4v) is 6.27. The van der Waals surface area contributed by atoms with Crippen LogP contribution in [-0.2, 0) is 27.5 Å². The Labute approximate surface area is 154 Å². The van der Waals surface area contributed by atoms with Gasteiger partial charge in [0.1, 0.15) is 0 Å². The van der Waals surface area contributed by atoms with Gasteiger partial charge in [-0.2, -0.15) is 0 Å². The average molecular weight is 379 g/mol. The Bertz CT molecular complexity index is 268. The van der Waals surface area contributed by atoms with Gasteiger partial charge in [-0.3, -0.25) is 0 Å². The standard InChI is InChI=1S/C18H38O6Si/c1-4-19-12-15-22-25(23-16-13-20-5-2,24-17-14-21-6-3)18-10-8-7-9-11-18/h18H,4-17H2,1-3H3. The minimum absolute atomic E-state index is 0.367. The first-order chi connectivity index (χ1) is 12.3. The van der Waals surface area contributed by atoms with Crippen molar-refractivity contribution in [1.82, 2.24) is 0 Å². The summed E-state index contributed by atoms with van der Waals surface area (Å²) >= 11 is 0. The zero-order chi connectivity index (χ0) is 18.2. The molecule has 0 aromatic heterocycles. The second-order valence-corrected chi connectivity index (χ2v) is 8.96. The van der Waals surface area contributed by atoms with E-state index in [9.17, 15) is 0 Å².